The van der Waals surface area contributed by atoms with E-state index in [0.717, 1.165) is 12.0 Å². The molecule has 2 unspecified atom stereocenters. The lowest BCUT2D eigenvalue weighted by Gasteiger charge is -2.16. The second-order valence-electron chi connectivity index (χ2n) is 4.74. The quantitative estimate of drug-likeness (QED) is 0.830. The maximum Gasteiger partial charge on any atom is 0.270 e. The summed E-state index contributed by atoms with van der Waals surface area (Å²) in [5.41, 5.74) is 6.90. The number of nitrogens with one attached hydrogen (secondary N) is 1. The van der Waals surface area contributed by atoms with Crippen LogP contribution in [0.4, 0.5) is 0 Å². The third kappa shape index (κ3) is 2.82. The lowest BCUT2D eigenvalue weighted by Crippen LogP contribution is -2.36. The van der Waals surface area contributed by atoms with Crippen molar-refractivity contribution in [1.29, 1.82) is 0 Å². The zero-order valence-corrected chi connectivity index (χ0v) is 10.1. The molecule has 4 nitrogen and oxygen atoms in total. The minimum absolute atomic E-state index is 0.0766. The van der Waals surface area contributed by atoms with Crippen molar-refractivity contribution in [2.45, 2.75) is 38.8 Å². The molecule has 4 heteroatoms. The standard InChI is InChI=1S/C13H19N3O/c1-9-3-2-4-11(9)16-13(17)12-6-5-10(7-14)8-15-12/h5-6,8-9,11H,2-4,7,14H2,1H3,(H,16,17). The van der Waals surface area contributed by atoms with Gasteiger partial charge < -0.3 is 11.1 Å². The second kappa shape index (κ2) is 5.27. The molecule has 1 amide bonds. The van der Waals surface area contributed by atoms with Gasteiger partial charge in [-0.25, -0.2) is 0 Å². The molecule has 2 rings (SSSR count). The summed E-state index contributed by atoms with van der Waals surface area (Å²) < 4.78 is 0. The van der Waals surface area contributed by atoms with E-state index in [2.05, 4.69) is 17.2 Å². The molecular weight excluding hydrogens is 214 g/mol. The van der Waals surface area contributed by atoms with E-state index in [-0.39, 0.29) is 5.91 Å². The molecule has 0 aliphatic heterocycles. The molecule has 0 saturated heterocycles. The Kier molecular flexibility index (Phi) is 3.74. The summed E-state index contributed by atoms with van der Waals surface area (Å²) in [5, 5.41) is 3.05. The Balaban J connectivity index is 1.99. The molecule has 0 radical (unpaired) electrons. The number of amides is 1. The maximum absolute atomic E-state index is 11.9. The largest absolute Gasteiger partial charge is 0.348 e. The Hall–Kier alpha value is -1.42. The van der Waals surface area contributed by atoms with E-state index in [1.165, 1.54) is 12.8 Å². The number of hydrogen-bond acceptors (Lipinski definition) is 3. The molecule has 3 N–H and O–H groups in total. The van der Waals surface area contributed by atoms with Gasteiger partial charge in [0, 0.05) is 18.8 Å². The van der Waals surface area contributed by atoms with Gasteiger partial charge in [0.1, 0.15) is 5.69 Å². The van der Waals surface area contributed by atoms with Gasteiger partial charge in [0.25, 0.3) is 5.91 Å². The predicted octanol–water partition coefficient (Wildman–Crippen LogP) is 1.46. The summed E-state index contributed by atoms with van der Waals surface area (Å²) in [6.45, 7) is 2.64. The highest BCUT2D eigenvalue weighted by Crippen LogP contribution is 2.24. The first-order valence-corrected chi connectivity index (χ1v) is 6.16. The zero-order chi connectivity index (χ0) is 12.3. The van der Waals surface area contributed by atoms with Gasteiger partial charge in [0.05, 0.1) is 0 Å². The first kappa shape index (κ1) is 12.0. The van der Waals surface area contributed by atoms with Crippen molar-refractivity contribution in [2.24, 2.45) is 11.7 Å². The SMILES string of the molecule is CC1CCCC1NC(=O)c1ccc(CN)cn1. The molecule has 1 fully saturated rings. The van der Waals surface area contributed by atoms with E-state index in [1.807, 2.05) is 6.07 Å². The van der Waals surface area contributed by atoms with Crippen molar-refractivity contribution in [1.82, 2.24) is 10.3 Å². The van der Waals surface area contributed by atoms with Crippen LogP contribution < -0.4 is 11.1 Å². The third-order valence-corrected chi connectivity index (χ3v) is 3.47. The van der Waals surface area contributed by atoms with E-state index in [4.69, 9.17) is 5.73 Å². The summed E-state index contributed by atoms with van der Waals surface area (Å²) >= 11 is 0. The average Bonchev–Trinajstić information content (AvgIpc) is 2.75. The highest BCUT2D eigenvalue weighted by atomic mass is 16.1. The number of carbonyl (C=O) groups excluding carboxylic acids is 1. The molecule has 92 valence electrons. The Morgan fingerprint density at radius 1 is 1.53 bits per heavy atom. The Morgan fingerprint density at radius 2 is 2.35 bits per heavy atom. The minimum Gasteiger partial charge on any atom is -0.348 e. The Labute approximate surface area is 102 Å². The number of rotatable bonds is 3. The molecule has 17 heavy (non-hydrogen) atoms. The van der Waals surface area contributed by atoms with Gasteiger partial charge in [-0.2, -0.15) is 0 Å². The lowest BCUT2D eigenvalue weighted by molar-refractivity contribution is 0.0924. The molecule has 1 heterocycles. The van der Waals surface area contributed by atoms with E-state index >= 15 is 0 Å². The summed E-state index contributed by atoms with van der Waals surface area (Å²) in [7, 11) is 0. The van der Waals surface area contributed by atoms with Crippen molar-refractivity contribution in [3.8, 4) is 0 Å². The van der Waals surface area contributed by atoms with Crippen LogP contribution in [0.2, 0.25) is 0 Å². The number of aromatic nitrogens is 1. The van der Waals surface area contributed by atoms with Gasteiger partial charge in [0.2, 0.25) is 0 Å². The molecule has 1 saturated carbocycles. The van der Waals surface area contributed by atoms with Gasteiger partial charge in [-0.15, -0.1) is 0 Å². The monoisotopic (exact) mass is 233 g/mol. The van der Waals surface area contributed by atoms with Gasteiger partial charge in [-0.05, 0) is 30.4 Å². The van der Waals surface area contributed by atoms with E-state index in [9.17, 15) is 4.79 Å². The van der Waals surface area contributed by atoms with E-state index in [0.29, 0.717) is 24.2 Å². The molecule has 1 aromatic heterocycles. The van der Waals surface area contributed by atoms with Gasteiger partial charge in [0.15, 0.2) is 0 Å². The third-order valence-electron chi connectivity index (χ3n) is 3.47. The Bertz CT molecular complexity index is 388. The first-order valence-electron chi connectivity index (χ1n) is 6.16. The van der Waals surface area contributed by atoms with Crippen LogP contribution in [0.5, 0.6) is 0 Å². The molecule has 1 aliphatic rings. The molecule has 0 spiro atoms. The first-order chi connectivity index (χ1) is 8.20. The van der Waals surface area contributed by atoms with Gasteiger partial charge in [-0.3, -0.25) is 9.78 Å². The normalized spacial score (nSPS) is 23.6. The molecular formula is C13H19N3O. The Morgan fingerprint density at radius 3 is 2.88 bits per heavy atom. The van der Waals surface area contributed by atoms with Crippen LogP contribution in [0.15, 0.2) is 18.3 Å². The van der Waals surface area contributed by atoms with Gasteiger partial charge >= 0.3 is 0 Å². The fourth-order valence-electron chi connectivity index (χ4n) is 2.28. The summed E-state index contributed by atoms with van der Waals surface area (Å²) in [6, 6.07) is 3.88. The highest BCUT2D eigenvalue weighted by molar-refractivity contribution is 5.92. The maximum atomic E-state index is 11.9. The zero-order valence-electron chi connectivity index (χ0n) is 10.1. The van der Waals surface area contributed by atoms with Crippen LogP contribution in [0.3, 0.4) is 0 Å². The van der Waals surface area contributed by atoms with E-state index < -0.39 is 0 Å². The fourth-order valence-corrected chi connectivity index (χ4v) is 2.28. The van der Waals surface area contributed by atoms with Crippen molar-refractivity contribution in [3.63, 3.8) is 0 Å². The summed E-state index contributed by atoms with van der Waals surface area (Å²) in [6.07, 6.45) is 5.14. The summed E-state index contributed by atoms with van der Waals surface area (Å²) in [5.74, 6) is 0.495. The topological polar surface area (TPSA) is 68.0 Å². The van der Waals surface area contributed by atoms with Crippen LogP contribution in [-0.4, -0.2) is 16.9 Å². The molecule has 1 aliphatic carbocycles. The van der Waals surface area contributed by atoms with Crippen LogP contribution in [0.25, 0.3) is 0 Å². The lowest BCUT2D eigenvalue weighted by atomic mass is 10.1. The summed E-state index contributed by atoms with van der Waals surface area (Å²) in [4.78, 5) is 16.1. The molecule has 2 atom stereocenters. The van der Waals surface area contributed by atoms with Crippen molar-refractivity contribution in [2.75, 3.05) is 0 Å². The number of nitrogens with zero attached hydrogens (tertiary/aromatic N) is 1. The fraction of sp³-hybridized carbons (Fsp3) is 0.538. The van der Waals surface area contributed by atoms with Gasteiger partial charge in [-0.1, -0.05) is 19.4 Å². The van der Waals surface area contributed by atoms with Crippen molar-refractivity contribution in [3.05, 3.63) is 29.6 Å². The number of pyridine rings is 1. The van der Waals surface area contributed by atoms with E-state index in [1.54, 1.807) is 12.3 Å². The number of carbonyl (C=O) groups is 1. The second-order valence-corrected chi connectivity index (χ2v) is 4.74. The van der Waals surface area contributed by atoms with Crippen LogP contribution in [-0.2, 0) is 6.54 Å². The van der Waals surface area contributed by atoms with Crippen LogP contribution >= 0.6 is 0 Å². The predicted molar refractivity (Wildman–Crippen MR) is 66.4 cm³/mol. The van der Waals surface area contributed by atoms with Crippen LogP contribution in [0.1, 0.15) is 42.2 Å². The average molecular weight is 233 g/mol. The highest BCUT2D eigenvalue weighted by Gasteiger charge is 2.25. The molecule has 0 bridgehead atoms. The minimum atomic E-state index is -0.0766. The smallest absolute Gasteiger partial charge is 0.270 e. The number of hydrogen-bond donors (Lipinski definition) is 2. The number of nitrogens with two attached hydrogens (primary N) is 1. The molecule has 1 aromatic rings. The van der Waals surface area contributed by atoms with Crippen molar-refractivity contribution < 1.29 is 4.79 Å². The molecule has 0 aromatic carbocycles. The van der Waals surface area contributed by atoms with Crippen molar-refractivity contribution >= 4 is 5.91 Å². The van der Waals surface area contributed by atoms with Crippen LogP contribution in [0, 0.1) is 5.92 Å².